The number of hydrogen-bond acceptors (Lipinski definition) is 1. The maximum absolute atomic E-state index is 12.9. The molecular weight excluding hydrogens is 383 g/mol. The summed E-state index contributed by atoms with van der Waals surface area (Å²) >= 11 is 2.83. The summed E-state index contributed by atoms with van der Waals surface area (Å²) in [6.07, 6.45) is 2.05. The van der Waals surface area contributed by atoms with Gasteiger partial charge in [-0.2, -0.15) is 4.39 Å². The molecule has 0 N–H and O–H groups in total. The lowest BCUT2D eigenvalue weighted by atomic mass is 10.2. The van der Waals surface area contributed by atoms with Crippen molar-refractivity contribution in [1.82, 2.24) is 0 Å². The van der Waals surface area contributed by atoms with Gasteiger partial charge in [0.1, 0.15) is 0 Å². The highest BCUT2D eigenvalue weighted by Crippen LogP contribution is 2.36. The Balaban J connectivity index is 2.51. The third-order valence-corrected chi connectivity index (χ3v) is 9.52. The van der Waals surface area contributed by atoms with E-state index >= 15 is 0 Å². The van der Waals surface area contributed by atoms with Gasteiger partial charge < -0.3 is 4.43 Å². The van der Waals surface area contributed by atoms with E-state index < -0.39 is 8.32 Å². The van der Waals surface area contributed by atoms with Crippen LogP contribution in [0.2, 0.25) is 5.04 Å². The molecule has 0 radical (unpaired) electrons. The van der Waals surface area contributed by atoms with Gasteiger partial charge in [0.15, 0.2) is 4.74 Å². The molecule has 128 valence electrons. The largest absolute Gasteiger partial charge is 0.407 e. The van der Waals surface area contributed by atoms with E-state index in [1.807, 2.05) is 12.1 Å². The lowest BCUT2D eigenvalue weighted by Crippen LogP contribution is -2.66. The molecule has 24 heavy (non-hydrogen) atoms. The smallest absolute Gasteiger partial charge is 0.261 e. The quantitative estimate of drug-likeness (QED) is 0.475. The van der Waals surface area contributed by atoms with E-state index in [4.69, 9.17) is 4.43 Å². The molecule has 0 heterocycles. The van der Waals surface area contributed by atoms with Gasteiger partial charge in [0, 0.05) is 6.61 Å². The zero-order valence-electron chi connectivity index (χ0n) is 14.4. The van der Waals surface area contributed by atoms with Crippen LogP contribution < -0.4 is 10.4 Å². The Hall–Kier alpha value is -1.23. The molecule has 2 aromatic carbocycles. The highest BCUT2D eigenvalue weighted by Gasteiger charge is 2.49. The van der Waals surface area contributed by atoms with Crippen LogP contribution in [0.5, 0.6) is 0 Å². The first kappa shape index (κ1) is 19.1. The molecule has 0 aliphatic heterocycles. The van der Waals surface area contributed by atoms with E-state index in [0.717, 1.165) is 0 Å². The Morgan fingerprint density at radius 1 is 1.00 bits per heavy atom. The minimum absolute atomic E-state index is 0.0492. The van der Waals surface area contributed by atoms with Crippen molar-refractivity contribution in [1.29, 1.82) is 0 Å². The van der Waals surface area contributed by atoms with Gasteiger partial charge in [0.05, 0.1) is 0 Å². The number of benzene rings is 2. The Labute approximate surface area is 153 Å². The van der Waals surface area contributed by atoms with Crippen LogP contribution in [0.1, 0.15) is 27.2 Å². The number of rotatable bonds is 6. The second-order valence-corrected chi connectivity index (χ2v) is 11.9. The first-order valence-electron chi connectivity index (χ1n) is 8.14. The molecule has 1 nitrogen and oxygen atoms in total. The van der Waals surface area contributed by atoms with E-state index in [2.05, 4.69) is 85.2 Å². The third-order valence-electron chi connectivity index (χ3n) is 4.15. The maximum Gasteiger partial charge on any atom is 0.261 e. The summed E-state index contributed by atoms with van der Waals surface area (Å²) in [5, 5.41) is 2.44. The predicted octanol–water partition coefficient (Wildman–Crippen LogP) is 5.16. The van der Waals surface area contributed by atoms with Crippen molar-refractivity contribution in [2.45, 2.75) is 32.2 Å². The normalized spacial score (nSPS) is 13.1. The molecule has 0 aliphatic rings. The fourth-order valence-electron chi connectivity index (χ4n) is 3.14. The molecule has 0 fully saturated rings. The minimum Gasteiger partial charge on any atom is -0.407 e. The molecule has 2 rings (SSSR count). The lowest BCUT2D eigenvalue weighted by Gasteiger charge is -2.43. The molecule has 2 aromatic rings. The van der Waals surface area contributed by atoms with Crippen molar-refractivity contribution in [2.75, 3.05) is 6.61 Å². The van der Waals surface area contributed by atoms with Gasteiger partial charge in [-0.25, -0.2) is 0 Å². The van der Waals surface area contributed by atoms with Crippen LogP contribution in [0.4, 0.5) is 4.39 Å². The summed E-state index contributed by atoms with van der Waals surface area (Å²) in [5.74, 6) is 0. The second-order valence-electron chi connectivity index (χ2n) is 6.79. The van der Waals surface area contributed by atoms with Crippen molar-refractivity contribution in [3.8, 4) is 0 Å². The molecule has 0 unspecified atom stereocenters. The van der Waals surface area contributed by atoms with Gasteiger partial charge in [0.25, 0.3) is 8.32 Å². The molecule has 0 saturated heterocycles. The average Bonchev–Trinajstić information content (AvgIpc) is 2.55. The van der Waals surface area contributed by atoms with E-state index in [0.29, 0.717) is 13.0 Å². The Bertz CT molecular complexity index is 622. The molecule has 0 spiro atoms. The fourth-order valence-corrected chi connectivity index (χ4v) is 7.95. The highest BCUT2D eigenvalue weighted by atomic mass is 79.9. The summed E-state index contributed by atoms with van der Waals surface area (Å²) in [6.45, 7) is 7.20. The van der Waals surface area contributed by atoms with E-state index in [1.165, 1.54) is 16.4 Å². The molecule has 0 atom stereocenters. The van der Waals surface area contributed by atoms with Gasteiger partial charge in [-0.3, -0.25) is 0 Å². The molecular formula is C20H24BrFOSi. The monoisotopic (exact) mass is 406 g/mol. The molecule has 0 amide bonds. The minimum atomic E-state index is -2.49. The first-order valence-corrected chi connectivity index (χ1v) is 10.8. The SMILES string of the molecule is CC(C)(C)[Si](OCCC=C(F)Br)(c1ccccc1)c1ccccc1. The predicted molar refractivity (Wildman–Crippen MR) is 106 cm³/mol. The van der Waals surface area contributed by atoms with Crippen molar-refractivity contribution in [2.24, 2.45) is 0 Å². The van der Waals surface area contributed by atoms with Gasteiger partial charge >= 0.3 is 0 Å². The zero-order chi connectivity index (χ0) is 17.6. The van der Waals surface area contributed by atoms with E-state index in [1.54, 1.807) is 0 Å². The van der Waals surface area contributed by atoms with Crippen molar-refractivity contribution >= 4 is 34.6 Å². The van der Waals surface area contributed by atoms with Gasteiger partial charge in [0.2, 0.25) is 0 Å². The molecule has 0 bridgehead atoms. The average molecular weight is 407 g/mol. The van der Waals surface area contributed by atoms with E-state index in [-0.39, 0.29) is 9.77 Å². The second kappa shape index (κ2) is 8.23. The summed E-state index contributed by atoms with van der Waals surface area (Å²) in [7, 11) is -2.49. The fraction of sp³-hybridized carbons (Fsp3) is 0.300. The van der Waals surface area contributed by atoms with Gasteiger partial charge in [-0.05, 0) is 43.8 Å². The van der Waals surface area contributed by atoms with E-state index in [9.17, 15) is 4.39 Å². The molecule has 0 saturated carbocycles. The van der Waals surface area contributed by atoms with Crippen LogP contribution in [0.15, 0.2) is 71.5 Å². The maximum atomic E-state index is 12.9. The van der Waals surface area contributed by atoms with Crippen LogP contribution in [0.25, 0.3) is 0 Å². The zero-order valence-corrected chi connectivity index (χ0v) is 17.0. The third kappa shape index (κ3) is 4.24. The topological polar surface area (TPSA) is 9.23 Å². The van der Waals surface area contributed by atoms with Crippen LogP contribution in [-0.4, -0.2) is 14.9 Å². The van der Waals surface area contributed by atoms with Gasteiger partial charge in [-0.1, -0.05) is 81.4 Å². The summed E-state index contributed by atoms with van der Waals surface area (Å²) in [4.78, 5) is 0. The molecule has 0 aromatic heterocycles. The number of halogens is 2. The Morgan fingerprint density at radius 3 is 1.83 bits per heavy atom. The molecule has 0 aliphatic carbocycles. The van der Waals surface area contributed by atoms with Crippen LogP contribution >= 0.6 is 15.9 Å². The van der Waals surface area contributed by atoms with Crippen molar-refractivity contribution in [3.63, 3.8) is 0 Å². The standard InChI is InChI=1S/C20H24BrFOSi/c1-20(2,3)24(17-11-6-4-7-12-17,18-13-8-5-9-14-18)23-16-10-15-19(21)22/h4-9,11-15H,10,16H2,1-3H3. The van der Waals surface area contributed by atoms with Crippen molar-refractivity contribution < 1.29 is 8.82 Å². The highest BCUT2D eigenvalue weighted by molar-refractivity contribution is 9.11. The van der Waals surface area contributed by atoms with Crippen LogP contribution in [-0.2, 0) is 4.43 Å². The summed E-state index contributed by atoms with van der Waals surface area (Å²) < 4.78 is 19.2. The van der Waals surface area contributed by atoms with Crippen LogP contribution in [0, 0.1) is 0 Å². The summed E-state index contributed by atoms with van der Waals surface area (Å²) in [5.41, 5.74) is 0. The summed E-state index contributed by atoms with van der Waals surface area (Å²) in [6, 6.07) is 20.9. The Kier molecular flexibility index (Phi) is 6.55. The van der Waals surface area contributed by atoms with Crippen LogP contribution in [0.3, 0.4) is 0 Å². The lowest BCUT2D eigenvalue weighted by molar-refractivity contribution is 0.304. The van der Waals surface area contributed by atoms with Gasteiger partial charge in [-0.15, -0.1) is 0 Å². The molecule has 4 heteroatoms. The Morgan fingerprint density at radius 2 is 1.46 bits per heavy atom. The number of hydrogen-bond donors (Lipinski definition) is 0. The first-order chi connectivity index (χ1) is 11.4. The van der Waals surface area contributed by atoms with Crippen molar-refractivity contribution in [3.05, 3.63) is 71.5 Å².